The van der Waals surface area contributed by atoms with E-state index in [9.17, 15) is 0 Å². The van der Waals surface area contributed by atoms with Crippen molar-refractivity contribution in [3.8, 4) is 28.2 Å². The van der Waals surface area contributed by atoms with Crippen molar-refractivity contribution < 1.29 is 0 Å². The first-order valence-corrected chi connectivity index (χ1v) is 14.0. The van der Waals surface area contributed by atoms with E-state index in [0.29, 0.717) is 11.8 Å². The Balaban J connectivity index is 1.68. The zero-order chi connectivity index (χ0) is 26.9. The van der Waals surface area contributed by atoms with Crippen LogP contribution in [-0.2, 0) is 5.41 Å². The first kappa shape index (κ1) is 24.7. The van der Waals surface area contributed by atoms with Crippen LogP contribution in [0.3, 0.4) is 0 Å². The number of aromatic nitrogens is 2. The van der Waals surface area contributed by atoms with Gasteiger partial charge in [-0.2, -0.15) is 0 Å². The molecule has 0 spiro atoms. The fraction of sp³-hybridized carbons (Fsp3) is 0.306. The first-order chi connectivity index (χ1) is 18.1. The third-order valence-electron chi connectivity index (χ3n) is 8.47. The van der Waals surface area contributed by atoms with Crippen molar-refractivity contribution in [2.75, 3.05) is 0 Å². The van der Waals surface area contributed by atoms with Gasteiger partial charge in [0, 0.05) is 11.0 Å². The smallest absolute Gasteiger partial charge is 0.145 e. The van der Waals surface area contributed by atoms with Gasteiger partial charge in [0.1, 0.15) is 5.82 Å². The molecule has 5 aromatic rings. The van der Waals surface area contributed by atoms with Crippen LogP contribution in [0.1, 0.15) is 86.8 Å². The average molecular weight is 499 g/mol. The minimum atomic E-state index is -0.0177. The molecule has 1 aromatic heterocycles. The van der Waals surface area contributed by atoms with E-state index < -0.39 is 0 Å². The molecule has 2 heteroatoms. The van der Waals surface area contributed by atoms with Crippen LogP contribution in [0.25, 0.3) is 39.2 Å². The van der Waals surface area contributed by atoms with Gasteiger partial charge in [0.15, 0.2) is 0 Å². The van der Waals surface area contributed by atoms with E-state index in [2.05, 4.69) is 133 Å². The highest BCUT2D eigenvalue weighted by atomic mass is 15.1. The molecular weight excluding hydrogens is 460 g/mol. The van der Waals surface area contributed by atoms with Gasteiger partial charge < -0.3 is 0 Å². The topological polar surface area (TPSA) is 17.8 Å². The van der Waals surface area contributed by atoms with Crippen LogP contribution in [-0.4, -0.2) is 9.55 Å². The maximum absolute atomic E-state index is 5.28. The van der Waals surface area contributed by atoms with Gasteiger partial charge in [-0.05, 0) is 82.8 Å². The van der Waals surface area contributed by atoms with Gasteiger partial charge in [-0.3, -0.25) is 4.57 Å². The number of fused-ring (bicyclic) bond motifs is 4. The lowest BCUT2D eigenvalue weighted by molar-refractivity contribution is 0.655. The molecule has 192 valence electrons. The summed E-state index contributed by atoms with van der Waals surface area (Å²) in [6.07, 6.45) is 0. The van der Waals surface area contributed by atoms with Crippen molar-refractivity contribution >= 4 is 11.0 Å². The highest BCUT2D eigenvalue weighted by Gasteiger charge is 2.37. The van der Waals surface area contributed by atoms with Crippen LogP contribution in [0, 0.1) is 13.8 Å². The quantitative estimate of drug-likeness (QED) is 0.241. The lowest BCUT2D eigenvalue weighted by Crippen LogP contribution is -2.16. The SMILES string of the molecule is Cc1cc(C)c2c(c1)-c1cc(-c3nc4ccccc4n3-c3c(C(C)C)cccc3C(C)C)ccc1C2(C)C. The maximum atomic E-state index is 5.28. The van der Waals surface area contributed by atoms with Crippen molar-refractivity contribution in [1.29, 1.82) is 0 Å². The zero-order valence-electron chi connectivity index (χ0n) is 24.0. The van der Waals surface area contributed by atoms with Crippen LogP contribution in [0.15, 0.2) is 72.8 Å². The molecule has 0 amide bonds. The van der Waals surface area contributed by atoms with Crippen LogP contribution in [0.4, 0.5) is 0 Å². The summed E-state index contributed by atoms with van der Waals surface area (Å²) < 4.78 is 2.43. The molecule has 6 rings (SSSR count). The second-order valence-corrected chi connectivity index (χ2v) is 12.2. The van der Waals surface area contributed by atoms with Gasteiger partial charge in [-0.15, -0.1) is 0 Å². The molecule has 0 radical (unpaired) electrons. The molecule has 0 saturated carbocycles. The van der Waals surface area contributed by atoms with Crippen LogP contribution in [0.5, 0.6) is 0 Å². The Morgan fingerprint density at radius 1 is 0.737 bits per heavy atom. The van der Waals surface area contributed by atoms with Crippen molar-refractivity contribution in [3.63, 3.8) is 0 Å². The van der Waals surface area contributed by atoms with Gasteiger partial charge in [0.05, 0.1) is 16.7 Å². The second-order valence-electron chi connectivity index (χ2n) is 12.2. The molecule has 0 N–H and O–H groups in total. The molecule has 0 atom stereocenters. The summed E-state index contributed by atoms with van der Waals surface area (Å²) in [6.45, 7) is 18.4. The fourth-order valence-electron chi connectivity index (χ4n) is 6.81. The van der Waals surface area contributed by atoms with Gasteiger partial charge in [0.2, 0.25) is 0 Å². The number of nitrogens with zero attached hydrogens (tertiary/aromatic N) is 2. The minimum absolute atomic E-state index is 0.0177. The third-order valence-corrected chi connectivity index (χ3v) is 8.47. The Labute approximate surface area is 227 Å². The molecule has 1 aliphatic rings. The van der Waals surface area contributed by atoms with Crippen molar-refractivity contribution in [2.24, 2.45) is 0 Å². The Morgan fingerprint density at radius 3 is 2.11 bits per heavy atom. The van der Waals surface area contributed by atoms with Gasteiger partial charge in [-0.1, -0.05) is 102 Å². The highest BCUT2D eigenvalue weighted by molar-refractivity contribution is 5.88. The third kappa shape index (κ3) is 3.57. The lowest BCUT2D eigenvalue weighted by atomic mass is 9.80. The number of rotatable bonds is 4. The maximum Gasteiger partial charge on any atom is 0.145 e. The van der Waals surface area contributed by atoms with Crippen LogP contribution in [0.2, 0.25) is 0 Å². The molecule has 4 aromatic carbocycles. The number of hydrogen-bond acceptors (Lipinski definition) is 1. The normalized spacial score (nSPS) is 13.9. The Kier molecular flexibility index (Phi) is 5.65. The molecule has 1 heterocycles. The molecular formula is C36H38N2. The van der Waals surface area contributed by atoms with E-state index in [0.717, 1.165) is 22.4 Å². The molecule has 2 nitrogen and oxygen atoms in total. The summed E-state index contributed by atoms with van der Waals surface area (Å²) in [4.78, 5) is 5.28. The molecule has 1 aliphatic carbocycles. The Bertz CT molecular complexity index is 1690. The predicted molar refractivity (Wildman–Crippen MR) is 162 cm³/mol. The highest BCUT2D eigenvalue weighted by Crippen LogP contribution is 2.51. The molecule has 38 heavy (non-hydrogen) atoms. The molecule has 0 unspecified atom stereocenters. The summed E-state index contributed by atoms with van der Waals surface area (Å²) in [7, 11) is 0. The minimum Gasteiger partial charge on any atom is -0.292 e. The molecule has 0 aliphatic heterocycles. The molecule has 0 bridgehead atoms. The van der Waals surface area contributed by atoms with Gasteiger partial charge in [-0.25, -0.2) is 4.98 Å². The summed E-state index contributed by atoms with van der Waals surface area (Å²) >= 11 is 0. The number of benzene rings is 4. The standard InChI is InChI=1S/C36H38N2/c1-21(2)26-12-11-13-27(22(3)4)34(26)38-32-15-10-9-14-31(32)37-35(38)25-16-17-30-28(20-25)29-19-23(5)18-24(6)33(29)36(30,7)8/h9-22H,1-8H3. The second kappa shape index (κ2) is 8.70. The predicted octanol–water partition coefficient (Wildman–Crippen LogP) is 9.86. The summed E-state index contributed by atoms with van der Waals surface area (Å²) in [5.41, 5.74) is 15.6. The van der Waals surface area contributed by atoms with E-state index in [1.165, 1.54) is 50.2 Å². The first-order valence-electron chi connectivity index (χ1n) is 14.0. The van der Waals surface area contributed by atoms with Crippen LogP contribution < -0.4 is 0 Å². The number of hydrogen-bond donors (Lipinski definition) is 0. The van der Waals surface area contributed by atoms with E-state index in [-0.39, 0.29) is 5.41 Å². The van der Waals surface area contributed by atoms with Crippen molar-refractivity contribution in [2.45, 2.75) is 72.6 Å². The fourth-order valence-corrected chi connectivity index (χ4v) is 6.81. The van der Waals surface area contributed by atoms with Crippen molar-refractivity contribution in [3.05, 3.63) is 106 Å². The summed E-state index contributed by atoms with van der Waals surface area (Å²) in [6, 6.07) is 27.1. The monoisotopic (exact) mass is 498 g/mol. The lowest BCUT2D eigenvalue weighted by Gasteiger charge is -2.24. The largest absolute Gasteiger partial charge is 0.292 e. The molecule has 0 saturated heterocycles. The van der Waals surface area contributed by atoms with Crippen LogP contribution >= 0.6 is 0 Å². The van der Waals surface area contributed by atoms with Crippen molar-refractivity contribution in [1.82, 2.24) is 9.55 Å². The zero-order valence-corrected chi connectivity index (χ0v) is 24.0. The number of para-hydroxylation sites is 3. The summed E-state index contributed by atoms with van der Waals surface area (Å²) in [5, 5.41) is 0. The Morgan fingerprint density at radius 2 is 1.42 bits per heavy atom. The van der Waals surface area contributed by atoms with E-state index in [4.69, 9.17) is 4.98 Å². The molecule has 0 fully saturated rings. The number of imidazole rings is 1. The number of aryl methyl sites for hydroxylation is 2. The summed E-state index contributed by atoms with van der Waals surface area (Å²) in [5.74, 6) is 1.81. The van der Waals surface area contributed by atoms with E-state index >= 15 is 0 Å². The van der Waals surface area contributed by atoms with Gasteiger partial charge >= 0.3 is 0 Å². The average Bonchev–Trinajstić information content (AvgIpc) is 3.36. The Hall–Kier alpha value is -3.65. The van der Waals surface area contributed by atoms with E-state index in [1.807, 2.05) is 0 Å². The van der Waals surface area contributed by atoms with Gasteiger partial charge in [0.25, 0.3) is 0 Å². The van der Waals surface area contributed by atoms with E-state index in [1.54, 1.807) is 0 Å².